The Morgan fingerprint density at radius 2 is 1.97 bits per heavy atom. The van der Waals surface area contributed by atoms with Crippen molar-refractivity contribution in [3.05, 3.63) is 65.7 Å². The van der Waals surface area contributed by atoms with Crippen LogP contribution in [0.2, 0.25) is 0 Å². The summed E-state index contributed by atoms with van der Waals surface area (Å²) in [4.78, 5) is 27.6. The van der Waals surface area contributed by atoms with Crippen molar-refractivity contribution in [2.75, 3.05) is 18.6 Å². The number of hydrogen-bond donors (Lipinski definition) is 1. The zero-order chi connectivity index (χ0) is 23.2. The molecule has 2 aliphatic heterocycles. The molecule has 6 nitrogen and oxygen atoms in total. The third-order valence-corrected chi connectivity index (χ3v) is 6.44. The molecule has 6 heteroatoms. The number of rotatable bonds is 6. The molecular formula is C27H28N2O4. The molecule has 0 radical (unpaired) electrons. The average Bonchev–Trinajstić information content (AvgIpc) is 3.06. The molecule has 0 saturated carbocycles. The smallest absolute Gasteiger partial charge is 0.258 e. The molecular weight excluding hydrogens is 416 g/mol. The van der Waals surface area contributed by atoms with E-state index in [0.29, 0.717) is 25.8 Å². The molecule has 0 aliphatic carbocycles. The van der Waals surface area contributed by atoms with Gasteiger partial charge >= 0.3 is 0 Å². The minimum Gasteiger partial charge on any atom is -0.497 e. The summed E-state index contributed by atoms with van der Waals surface area (Å²) in [6.07, 6.45) is 1.59. The lowest BCUT2D eigenvalue weighted by Gasteiger charge is -2.38. The second kappa shape index (κ2) is 8.10. The van der Waals surface area contributed by atoms with Gasteiger partial charge in [0.15, 0.2) is 0 Å². The molecule has 0 aromatic heterocycles. The number of carbonyl (C=O) groups is 2. The third kappa shape index (κ3) is 3.90. The van der Waals surface area contributed by atoms with Crippen LogP contribution in [0.3, 0.4) is 0 Å². The molecule has 0 spiro atoms. The first-order valence-electron chi connectivity index (χ1n) is 11.4. The van der Waals surface area contributed by atoms with E-state index in [2.05, 4.69) is 5.32 Å². The Kier molecular flexibility index (Phi) is 5.23. The molecule has 170 valence electrons. The highest BCUT2D eigenvalue weighted by Crippen LogP contribution is 2.41. The van der Waals surface area contributed by atoms with Crippen molar-refractivity contribution in [3.8, 4) is 11.5 Å². The Morgan fingerprint density at radius 1 is 1.18 bits per heavy atom. The number of hydrogen-bond acceptors (Lipinski definition) is 4. The highest BCUT2D eigenvalue weighted by atomic mass is 16.5. The number of nitrogens with zero attached hydrogens (tertiary/aromatic N) is 1. The van der Waals surface area contributed by atoms with Gasteiger partial charge in [-0.1, -0.05) is 24.3 Å². The number of carbonyl (C=O) groups excluding carboxylic acids is 2. The van der Waals surface area contributed by atoms with E-state index in [9.17, 15) is 9.59 Å². The van der Waals surface area contributed by atoms with Crippen molar-refractivity contribution in [2.24, 2.45) is 0 Å². The van der Waals surface area contributed by atoms with Crippen LogP contribution in [0.15, 0.2) is 54.6 Å². The van der Waals surface area contributed by atoms with Gasteiger partial charge in [0.05, 0.1) is 18.8 Å². The van der Waals surface area contributed by atoms with E-state index < -0.39 is 0 Å². The van der Waals surface area contributed by atoms with E-state index >= 15 is 0 Å². The number of ether oxygens (including phenoxy) is 2. The maximum atomic E-state index is 12.9. The van der Waals surface area contributed by atoms with Gasteiger partial charge in [0, 0.05) is 35.9 Å². The molecule has 2 amide bonds. The van der Waals surface area contributed by atoms with Crippen molar-refractivity contribution in [1.82, 2.24) is 5.32 Å². The lowest BCUT2D eigenvalue weighted by Crippen LogP contribution is -2.41. The third-order valence-electron chi connectivity index (χ3n) is 6.44. The van der Waals surface area contributed by atoms with Gasteiger partial charge in [-0.25, -0.2) is 0 Å². The van der Waals surface area contributed by atoms with Crippen molar-refractivity contribution in [3.63, 3.8) is 0 Å². The quantitative estimate of drug-likeness (QED) is 0.581. The summed E-state index contributed by atoms with van der Waals surface area (Å²) in [5, 5.41) is 5.25. The van der Waals surface area contributed by atoms with Crippen molar-refractivity contribution in [1.29, 1.82) is 0 Å². The first-order valence-corrected chi connectivity index (χ1v) is 11.4. The summed E-state index contributed by atoms with van der Waals surface area (Å²) < 4.78 is 11.5. The van der Waals surface area contributed by atoms with E-state index in [1.807, 2.05) is 68.4 Å². The summed E-state index contributed by atoms with van der Waals surface area (Å²) in [5.74, 6) is 1.48. The van der Waals surface area contributed by atoms with Gasteiger partial charge < -0.3 is 19.7 Å². The minimum absolute atomic E-state index is 0.00871. The highest BCUT2D eigenvalue weighted by Gasteiger charge is 2.35. The Balaban J connectivity index is 1.25. The van der Waals surface area contributed by atoms with Gasteiger partial charge in [-0.2, -0.15) is 0 Å². The second-order valence-corrected chi connectivity index (χ2v) is 9.33. The molecule has 33 heavy (non-hydrogen) atoms. The Labute approximate surface area is 193 Å². The van der Waals surface area contributed by atoms with Crippen LogP contribution in [0.25, 0.3) is 10.8 Å². The molecule has 0 fully saturated rings. The first kappa shape index (κ1) is 21.3. The number of amides is 2. The number of methoxy groups -OCH3 is 1. The van der Waals surface area contributed by atoms with E-state index in [4.69, 9.17) is 9.47 Å². The molecule has 2 aliphatic rings. The Morgan fingerprint density at radius 3 is 2.76 bits per heavy atom. The summed E-state index contributed by atoms with van der Waals surface area (Å²) in [6, 6.07) is 17.3. The minimum atomic E-state index is -0.383. The zero-order valence-corrected chi connectivity index (χ0v) is 19.2. The standard InChI is InChI=1S/C27H28N2O4/c1-27(2)16-21(20-15-18(32-3)12-13-23(20)33-27)28-24(30)11-6-14-29-22-10-5-8-17-7-4-9-19(25(17)22)26(29)31/h4-5,7-10,12-13,15,21H,6,11,14,16H2,1-3H3,(H,28,30)/t21-/m0/s1. The van der Waals surface area contributed by atoms with E-state index in [1.165, 1.54) is 0 Å². The Bertz CT molecular complexity index is 1240. The summed E-state index contributed by atoms with van der Waals surface area (Å²) in [5.41, 5.74) is 2.22. The van der Waals surface area contributed by atoms with E-state index in [0.717, 1.165) is 39.1 Å². The number of fused-ring (bicyclic) bond motifs is 1. The summed E-state index contributed by atoms with van der Waals surface area (Å²) in [6.45, 7) is 4.55. The number of anilines is 1. The van der Waals surface area contributed by atoms with Crippen LogP contribution in [0, 0.1) is 0 Å². The van der Waals surface area contributed by atoms with Gasteiger partial charge in [0.1, 0.15) is 17.1 Å². The van der Waals surface area contributed by atoms with Crippen molar-refractivity contribution < 1.29 is 19.1 Å². The predicted octanol–water partition coefficient (Wildman–Crippen LogP) is 5.01. The molecule has 1 atom stereocenters. The van der Waals surface area contributed by atoms with Crippen LogP contribution < -0.4 is 19.7 Å². The molecule has 2 heterocycles. The predicted molar refractivity (Wildman–Crippen MR) is 128 cm³/mol. The van der Waals surface area contributed by atoms with Crippen LogP contribution in [0.1, 0.15) is 55.1 Å². The highest BCUT2D eigenvalue weighted by molar-refractivity contribution is 6.25. The molecule has 3 aromatic rings. The van der Waals surface area contributed by atoms with Crippen LogP contribution in [0.5, 0.6) is 11.5 Å². The number of nitrogens with one attached hydrogen (secondary N) is 1. The molecule has 0 bridgehead atoms. The van der Waals surface area contributed by atoms with Crippen molar-refractivity contribution in [2.45, 2.75) is 44.8 Å². The largest absolute Gasteiger partial charge is 0.497 e. The fraction of sp³-hybridized carbons (Fsp3) is 0.333. The SMILES string of the molecule is COc1ccc2c(c1)[C@@H](NC(=O)CCCN1C(=O)c3cccc4cccc1c34)CC(C)(C)O2. The normalized spacial score (nSPS) is 18.1. The molecule has 0 unspecified atom stereocenters. The van der Waals surface area contributed by atoms with Crippen molar-refractivity contribution >= 4 is 28.3 Å². The summed E-state index contributed by atoms with van der Waals surface area (Å²) >= 11 is 0. The van der Waals surface area contributed by atoms with Crippen LogP contribution in [-0.2, 0) is 4.79 Å². The molecule has 5 rings (SSSR count). The van der Waals surface area contributed by atoms with Gasteiger partial charge in [-0.05, 0) is 56.0 Å². The van der Waals surface area contributed by atoms with Crippen LogP contribution in [0.4, 0.5) is 5.69 Å². The van der Waals surface area contributed by atoms with Crippen LogP contribution in [-0.4, -0.2) is 31.1 Å². The maximum Gasteiger partial charge on any atom is 0.258 e. The second-order valence-electron chi connectivity index (χ2n) is 9.33. The van der Waals surface area contributed by atoms with E-state index in [-0.39, 0.29) is 23.5 Å². The van der Waals surface area contributed by atoms with Gasteiger partial charge in [0.25, 0.3) is 5.91 Å². The Hall–Kier alpha value is -3.54. The lowest BCUT2D eigenvalue weighted by molar-refractivity contribution is -0.122. The zero-order valence-electron chi connectivity index (χ0n) is 19.2. The van der Waals surface area contributed by atoms with Gasteiger partial charge in [-0.15, -0.1) is 0 Å². The topological polar surface area (TPSA) is 67.9 Å². The fourth-order valence-electron chi connectivity index (χ4n) is 4.95. The van der Waals surface area contributed by atoms with Gasteiger partial charge in [-0.3, -0.25) is 9.59 Å². The van der Waals surface area contributed by atoms with Gasteiger partial charge in [0.2, 0.25) is 5.91 Å². The molecule has 3 aromatic carbocycles. The maximum absolute atomic E-state index is 12.9. The summed E-state index contributed by atoms with van der Waals surface area (Å²) in [7, 11) is 1.63. The lowest BCUT2D eigenvalue weighted by atomic mass is 9.89. The average molecular weight is 445 g/mol. The molecule has 0 saturated heterocycles. The van der Waals surface area contributed by atoms with E-state index in [1.54, 1.807) is 12.0 Å². The molecule has 1 N–H and O–H groups in total. The first-order chi connectivity index (χ1) is 15.9. The van der Waals surface area contributed by atoms with Crippen LogP contribution >= 0.6 is 0 Å². The monoisotopic (exact) mass is 444 g/mol. The fourth-order valence-corrected chi connectivity index (χ4v) is 4.95. The number of benzene rings is 3.